The van der Waals surface area contributed by atoms with Gasteiger partial charge in [0.05, 0.1) is 36.0 Å². The Bertz CT molecular complexity index is 1130. The lowest BCUT2D eigenvalue weighted by Crippen LogP contribution is -2.50. The van der Waals surface area contributed by atoms with Gasteiger partial charge in [-0.1, -0.05) is 71.2 Å². The maximum atomic E-state index is 7.23. The second-order valence-electron chi connectivity index (χ2n) is 8.03. The molecule has 7 heteroatoms. The number of piperazine rings is 1. The highest BCUT2D eigenvalue weighted by Gasteiger charge is 2.33. The zero-order valence-corrected chi connectivity index (χ0v) is 20.5. The van der Waals surface area contributed by atoms with E-state index in [1.54, 1.807) is 13.2 Å². The van der Waals surface area contributed by atoms with Crippen LogP contribution in [0.25, 0.3) is 4.85 Å². The number of benzene rings is 3. The minimum Gasteiger partial charge on any atom is -0.383 e. The predicted octanol–water partition coefficient (Wildman–Crippen LogP) is 7.45. The first kappa shape index (κ1) is 23.9. The maximum absolute atomic E-state index is 7.23. The monoisotopic (exact) mass is 499 g/mol. The lowest BCUT2D eigenvalue weighted by Gasteiger charge is -2.46. The molecule has 1 aliphatic heterocycles. The molecule has 0 N–H and O–H groups in total. The van der Waals surface area contributed by atoms with Gasteiger partial charge in [0.15, 0.2) is 5.69 Å². The van der Waals surface area contributed by atoms with E-state index >= 15 is 0 Å². The van der Waals surface area contributed by atoms with Crippen molar-refractivity contribution in [1.82, 2.24) is 4.90 Å². The first-order valence-corrected chi connectivity index (χ1v) is 11.8. The molecule has 1 aliphatic rings. The van der Waals surface area contributed by atoms with E-state index in [0.717, 1.165) is 36.4 Å². The molecule has 3 aromatic carbocycles. The molecule has 0 radical (unpaired) electrons. The van der Waals surface area contributed by atoms with E-state index in [9.17, 15) is 0 Å². The number of hydrogen-bond donors (Lipinski definition) is 0. The van der Waals surface area contributed by atoms with Crippen LogP contribution >= 0.6 is 34.8 Å². The smallest absolute Gasteiger partial charge is 0.187 e. The third kappa shape index (κ3) is 5.46. The van der Waals surface area contributed by atoms with Gasteiger partial charge in [0, 0.05) is 36.8 Å². The highest BCUT2D eigenvalue weighted by atomic mass is 35.5. The molecule has 3 aromatic rings. The van der Waals surface area contributed by atoms with Gasteiger partial charge >= 0.3 is 0 Å². The lowest BCUT2D eigenvalue weighted by molar-refractivity contribution is 0.0758. The van der Waals surface area contributed by atoms with Crippen LogP contribution in [0.2, 0.25) is 15.1 Å². The summed E-state index contributed by atoms with van der Waals surface area (Å²) in [6, 6.07) is 21.6. The topological polar surface area (TPSA) is 20.1 Å². The standard InChI is InChI=1S/C26H24Cl3N3O/c1-30-22-10-5-19(6-11-22)26(17-33-2)31-13-14-32(24-12-9-21(28)15-23(24)29)25(16-31)18-3-7-20(27)8-4-18/h3-12,15,25-26H,13-14,16-17H2,2H3/t25-,26-/m0/s1. The maximum Gasteiger partial charge on any atom is 0.187 e. The van der Waals surface area contributed by atoms with Crippen LogP contribution in [-0.2, 0) is 4.74 Å². The van der Waals surface area contributed by atoms with E-state index in [2.05, 4.69) is 26.8 Å². The van der Waals surface area contributed by atoms with Crippen molar-refractivity contribution in [2.24, 2.45) is 0 Å². The van der Waals surface area contributed by atoms with Gasteiger partial charge in [-0.2, -0.15) is 0 Å². The molecule has 0 aliphatic carbocycles. The van der Waals surface area contributed by atoms with E-state index in [1.165, 1.54) is 0 Å². The molecule has 4 rings (SSSR count). The average molecular weight is 501 g/mol. The zero-order valence-electron chi connectivity index (χ0n) is 18.2. The highest BCUT2D eigenvalue weighted by Crippen LogP contribution is 2.38. The molecule has 2 atom stereocenters. The molecule has 0 bridgehead atoms. The first-order chi connectivity index (χ1) is 16.0. The van der Waals surface area contributed by atoms with Crippen molar-refractivity contribution >= 4 is 46.2 Å². The fourth-order valence-corrected chi connectivity index (χ4v) is 5.04. The van der Waals surface area contributed by atoms with Crippen LogP contribution in [0, 0.1) is 6.57 Å². The molecule has 1 fully saturated rings. The van der Waals surface area contributed by atoms with E-state index in [0.29, 0.717) is 27.4 Å². The van der Waals surface area contributed by atoms with Gasteiger partial charge in [0.2, 0.25) is 0 Å². The molecule has 170 valence electrons. The van der Waals surface area contributed by atoms with Gasteiger partial charge in [-0.25, -0.2) is 4.85 Å². The average Bonchev–Trinajstić information content (AvgIpc) is 2.83. The largest absolute Gasteiger partial charge is 0.383 e. The minimum atomic E-state index is 0.0663. The second kappa shape index (κ2) is 10.8. The fraction of sp³-hybridized carbons (Fsp3) is 0.269. The van der Waals surface area contributed by atoms with E-state index in [4.69, 9.17) is 46.1 Å². The van der Waals surface area contributed by atoms with Gasteiger partial charge in [-0.3, -0.25) is 4.90 Å². The number of ether oxygens (including phenoxy) is 1. The molecule has 0 spiro atoms. The number of rotatable bonds is 6. The van der Waals surface area contributed by atoms with Gasteiger partial charge < -0.3 is 9.64 Å². The Balaban J connectivity index is 1.68. The van der Waals surface area contributed by atoms with E-state index in [1.807, 2.05) is 48.5 Å². The number of halogens is 3. The summed E-state index contributed by atoms with van der Waals surface area (Å²) in [4.78, 5) is 8.29. The molecule has 33 heavy (non-hydrogen) atoms. The van der Waals surface area contributed by atoms with Crippen LogP contribution < -0.4 is 4.90 Å². The summed E-state index contributed by atoms with van der Waals surface area (Å²) in [6.07, 6.45) is 0. The Labute approximate surface area is 210 Å². The van der Waals surface area contributed by atoms with Crippen molar-refractivity contribution in [1.29, 1.82) is 0 Å². The molecular formula is C26H24Cl3N3O. The predicted molar refractivity (Wildman–Crippen MR) is 137 cm³/mol. The van der Waals surface area contributed by atoms with Gasteiger partial charge in [-0.15, -0.1) is 0 Å². The fourth-order valence-electron chi connectivity index (χ4n) is 4.40. The number of methoxy groups -OCH3 is 1. The minimum absolute atomic E-state index is 0.0663. The molecule has 0 amide bonds. The van der Waals surface area contributed by atoms with Gasteiger partial charge in [0.1, 0.15) is 0 Å². The third-order valence-corrected chi connectivity index (χ3v) is 6.85. The van der Waals surface area contributed by atoms with Crippen molar-refractivity contribution in [2.75, 3.05) is 38.3 Å². The van der Waals surface area contributed by atoms with Crippen LogP contribution in [0.4, 0.5) is 11.4 Å². The first-order valence-electron chi connectivity index (χ1n) is 10.7. The summed E-state index contributed by atoms with van der Waals surface area (Å²) in [7, 11) is 1.72. The van der Waals surface area contributed by atoms with Crippen molar-refractivity contribution in [3.63, 3.8) is 0 Å². The number of nitrogens with zero attached hydrogens (tertiary/aromatic N) is 3. The molecule has 0 aromatic heterocycles. The molecule has 0 unspecified atom stereocenters. The summed E-state index contributed by atoms with van der Waals surface area (Å²) in [5.74, 6) is 0. The molecule has 4 nitrogen and oxygen atoms in total. The highest BCUT2D eigenvalue weighted by molar-refractivity contribution is 6.36. The lowest BCUT2D eigenvalue weighted by atomic mass is 9.98. The van der Waals surface area contributed by atoms with Crippen molar-refractivity contribution in [2.45, 2.75) is 12.1 Å². The van der Waals surface area contributed by atoms with Crippen LogP contribution in [0.3, 0.4) is 0 Å². The van der Waals surface area contributed by atoms with Crippen LogP contribution in [-0.4, -0.2) is 38.3 Å². The Hall–Kier alpha value is -2.26. The SMILES string of the molecule is [C-]#[N+]c1ccc([C@H](COC)N2CCN(c3ccc(Cl)cc3Cl)[C@H](c3ccc(Cl)cc3)C2)cc1. The van der Waals surface area contributed by atoms with Crippen LogP contribution in [0.5, 0.6) is 0 Å². The quantitative estimate of drug-likeness (QED) is 0.328. The summed E-state index contributed by atoms with van der Waals surface area (Å²) in [5, 5.41) is 1.96. The Morgan fingerprint density at radius 1 is 0.970 bits per heavy atom. The summed E-state index contributed by atoms with van der Waals surface area (Å²) in [5.41, 5.74) is 3.90. The molecule has 1 saturated heterocycles. The number of hydrogen-bond acceptors (Lipinski definition) is 3. The molecular weight excluding hydrogens is 477 g/mol. The van der Waals surface area contributed by atoms with Crippen molar-refractivity contribution < 1.29 is 4.74 Å². The Morgan fingerprint density at radius 2 is 1.67 bits per heavy atom. The van der Waals surface area contributed by atoms with E-state index < -0.39 is 0 Å². The third-order valence-electron chi connectivity index (χ3n) is 6.06. The van der Waals surface area contributed by atoms with Gasteiger partial charge in [0.25, 0.3) is 0 Å². The number of anilines is 1. The molecule has 1 heterocycles. The summed E-state index contributed by atoms with van der Waals surface area (Å²) >= 11 is 18.9. The van der Waals surface area contributed by atoms with E-state index in [-0.39, 0.29) is 12.1 Å². The van der Waals surface area contributed by atoms with Gasteiger partial charge in [-0.05, 0) is 41.5 Å². The molecule has 0 saturated carbocycles. The second-order valence-corrected chi connectivity index (χ2v) is 9.31. The Kier molecular flexibility index (Phi) is 7.80. The summed E-state index contributed by atoms with van der Waals surface area (Å²) < 4.78 is 5.60. The normalized spacial score (nSPS) is 17.5. The summed E-state index contributed by atoms with van der Waals surface area (Å²) in [6.45, 7) is 10.2. The van der Waals surface area contributed by atoms with Crippen molar-refractivity contribution in [3.8, 4) is 0 Å². The Morgan fingerprint density at radius 3 is 2.30 bits per heavy atom. The van der Waals surface area contributed by atoms with Crippen LogP contribution in [0.15, 0.2) is 66.7 Å². The van der Waals surface area contributed by atoms with Crippen molar-refractivity contribution in [3.05, 3.63) is 104 Å². The zero-order chi connectivity index (χ0) is 23.4. The van der Waals surface area contributed by atoms with Crippen LogP contribution in [0.1, 0.15) is 23.2 Å².